The molecule has 1 rings (SSSR count). The van der Waals surface area contributed by atoms with Gasteiger partial charge in [-0.2, -0.15) is 0 Å². The first-order valence-electron chi connectivity index (χ1n) is 4.62. The second kappa shape index (κ2) is 4.65. The molecule has 0 amide bonds. The van der Waals surface area contributed by atoms with Crippen LogP contribution in [0, 0.1) is 0 Å². The van der Waals surface area contributed by atoms with E-state index in [-0.39, 0.29) is 35.3 Å². The van der Waals surface area contributed by atoms with Gasteiger partial charge in [0.05, 0.1) is 0 Å². The molecule has 0 spiro atoms. The minimum atomic E-state index is -6.82. The molecular weight excluding hydrogens is 483 g/mol. The molecule has 0 unspecified atom stereocenters. The maximum atomic E-state index is 13.4. The van der Waals surface area contributed by atoms with Crippen LogP contribution in [0.15, 0.2) is 20.9 Å². The minimum absolute atomic E-state index is 0.136. The van der Waals surface area contributed by atoms with E-state index in [0.29, 0.717) is 6.08 Å². The summed E-state index contributed by atoms with van der Waals surface area (Å²) in [5.41, 5.74) is -1.44. The Bertz CT molecular complexity index is 429. The van der Waals surface area contributed by atoms with Gasteiger partial charge in [0.15, 0.2) is 0 Å². The molecule has 0 aromatic rings. The van der Waals surface area contributed by atoms with Crippen molar-refractivity contribution < 1.29 is 39.5 Å². The molecule has 0 fully saturated rings. The third-order valence-electron chi connectivity index (χ3n) is 2.45. The molecule has 0 nitrogen and oxygen atoms in total. The summed E-state index contributed by atoms with van der Waals surface area (Å²) in [4.78, 5) is 0. The van der Waals surface area contributed by atoms with Gasteiger partial charge in [-0.3, -0.25) is 0 Å². The molecule has 106 valence electrons. The zero-order valence-electron chi connectivity index (χ0n) is 8.84. The third kappa shape index (κ3) is 2.42. The van der Waals surface area contributed by atoms with Crippen LogP contribution in [-0.4, -0.2) is 49.7 Å². The molecule has 0 N–H and O–H groups in total. The van der Waals surface area contributed by atoms with Crippen molar-refractivity contribution in [2.75, 3.05) is 0 Å². The molecule has 10 heteroatoms. The summed E-state index contributed by atoms with van der Waals surface area (Å²) in [5, 5.41) is 0. The molecule has 0 bridgehead atoms. The van der Waals surface area contributed by atoms with Gasteiger partial charge in [-0.25, -0.2) is 0 Å². The molecule has 1 aliphatic carbocycles. The van der Waals surface area contributed by atoms with Crippen LogP contribution in [0.3, 0.4) is 0 Å². The number of alkyl halides is 9. The van der Waals surface area contributed by atoms with Gasteiger partial charge in [-0.15, -0.1) is 0 Å². The summed E-state index contributed by atoms with van der Waals surface area (Å²) in [7, 11) is 0. The van der Waals surface area contributed by atoms with E-state index in [4.69, 9.17) is 0 Å². The topological polar surface area (TPSA) is 0 Å². The zero-order chi connectivity index (χ0) is 15.3. The Morgan fingerprint density at radius 3 is 1.63 bits per heavy atom. The van der Waals surface area contributed by atoms with Crippen molar-refractivity contribution >= 4 is 25.8 Å². The predicted molar refractivity (Wildman–Crippen MR) is 47.4 cm³/mol. The molecule has 0 aliphatic heterocycles. The Morgan fingerprint density at radius 2 is 1.32 bits per heavy atom. The SMILES string of the molecule is FC(F)(F)C(F)(F)C(F)(F)C(F)(F)C1=[C]([Tl])CC=C1. The summed E-state index contributed by atoms with van der Waals surface area (Å²) in [5.74, 6) is -19.0. The number of hydrogen-bond donors (Lipinski definition) is 0. The number of rotatable bonds is 3. The van der Waals surface area contributed by atoms with Crippen LogP contribution in [0.2, 0.25) is 0 Å². The second-order valence-corrected chi connectivity index (χ2v) is 6.48. The average molecular weight is 487 g/mol. The number of halogens is 9. The monoisotopic (exact) mass is 488 g/mol. The van der Waals surface area contributed by atoms with E-state index >= 15 is 0 Å². The van der Waals surface area contributed by atoms with E-state index in [0.717, 1.165) is 6.08 Å². The number of allylic oxidation sites excluding steroid dienone is 4. The Morgan fingerprint density at radius 1 is 0.842 bits per heavy atom. The van der Waals surface area contributed by atoms with Gasteiger partial charge in [-0.05, 0) is 0 Å². The van der Waals surface area contributed by atoms with E-state index in [2.05, 4.69) is 0 Å². The van der Waals surface area contributed by atoms with Crippen molar-refractivity contribution in [3.63, 3.8) is 0 Å². The van der Waals surface area contributed by atoms with Crippen LogP contribution in [0.5, 0.6) is 0 Å². The third-order valence-corrected chi connectivity index (χ3v) is 4.58. The summed E-state index contributed by atoms with van der Waals surface area (Å²) in [6, 6.07) is 0. The summed E-state index contributed by atoms with van der Waals surface area (Å²) in [6.45, 7) is 0. The molecule has 0 aromatic heterocycles. The Kier molecular flexibility index (Phi) is 4.12. The van der Waals surface area contributed by atoms with Crippen molar-refractivity contribution in [2.45, 2.75) is 30.4 Å². The van der Waals surface area contributed by atoms with Crippen LogP contribution in [0.25, 0.3) is 0 Å². The van der Waals surface area contributed by atoms with E-state index < -0.39 is 29.5 Å². The summed E-state index contributed by atoms with van der Waals surface area (Å²) < 4.78 is 113. The Labute approximate surface area is 117 Å². The van der Waals surface area contributed by atoms with Crippen LogP contribution in [0.1, 0.15) is 6.42 Å². The van der Waals surface area contributed by atoms with E-state index in [9.17, 15) is 39.5 Å². The molecule has 0 saturated carbocycles. The molecule has 0 radical (unpaired) electrons. The first-order chi connectivity index (χ1) is 8.27. The van der Waals surface area contributed by atoms with Crippen molar-refractivity contribution in [1.29, 1.82) is 0 Å². The predicted octanol–water partition coefficient (Wildman–Crippen LogP) is 3.84. The average Bonchev–Trinajstić information content (AvgIpc) is 2.62. The molecule has 0 aromatic carbocycles. The maximum absolute atomic E-state index is 13.4. The van der Waals surface area contributed by atoms with Gasteiger partial charge in [0.25, 0.3) is 0 Å². The molecule has 0 heterocycles. The van der Waals surface area contributed by atoms with Crippen LogP contribution in [-0.2, 0) is 0 Å². The van der Waals surface area contributed by atoms with Gasteiger partial charge in [0, 0.05) is 0 Å². The van der Waals surface area contributed by atoms with Crippen molar-refractivity contribution in [3.8, 4) is 0 Å². The fourth-order valence-electron chi connectivity index (χ4n) is 1.37. The fraction of sp³-hybridized carbons (Fsp3) is 0.556. The molecular formula is C9H4F9Tl. The van der Waals surface area contributed by atoms with Crippen molar-refractivity contribution in [1.82, 2.24) is 0 Å². The fourth-order valence-corrected chi connectivity index (χ4v) is 2.98. The standard InChI is InChI=1S/C9H4F9.Tl/c10-6(11,5-3-1-2-4-5)7(12,13)8(14,15)9(16,17)18;/h1,3H,2H2;. The Hall–Kier alpha value is -0.228. The van der Waals surface area contributed by atoms with Gasteiger partial charge in [0.1, 0.15) is 0 Å². The van der Waals surface area contributed by atoms with Crippen LogP contribution < -0.4 is 0 Å². The van der Waals surface area contributed by atoms with E-state index in [1.165, 1.54) is 0 Å². The van der Waals surface area contributed by atoms with Crippen LogP contribution >= 0.6 is 0 Å². The van der Waals surface area contributed by atoms with Gasteiger partial charge in [-0.1, -0.05) is 0 Å². The quantitative estimate of drug-likeness (QED) is 0.419. The molecule has 0 saturated heterocycles. The van der Waals surface area contributed by atoms with Gasteiger partial charge in [0.2, 0.25) is 0 Å². The molecule has 1 aliphatic rings. The van der Waals surface area contributed by atoms with Crippen LogP contribution in [0.4, 0.5) is 39.5 Å². The molecule has 0 atom stereocenters. The van der Waals surface area contributed by atoms with E-state index in [1.807, 2.05) is 0 Å². The summed E-state index contributed by atoms with van der Waals surface area (Å²) >= 11 is -0.365. The normalized spacial score (nSPS) is 18.3. The first-order valence-corrected chi connectivity index (χ1v) is 6.87. The number of hydrogen-bond acceptors (Lipinski definition) is 0. The summed E-state index contributed by atoms with van der Waals surface area (Å²) in [6.07, 6.45) is -5.42. The van der Waals surface area contributed by atoms with Crippen molar-refractivity contribution in [3.05, 3.63) is 20.9 Å². The second-order valence-electron chi connectivity index (χ2n) is 3.77. The molecule has 19 heavy (non-hydrogen) atoms. The van der Waals surface area contributed by atoms with Gasteiger partial charge < -0.3 is 0 Å². The first kappa shape index (κ1) is 16.8. The van der Waals surface area contributed by atoms with Gasteiger partial charge >= 0.3 is 117 Å². The Balaban J connectivity index is 3.34. The van der Waals surface area contributed by atoms with E-state index in [1.54, 1.807) is 0 Å². The van der Waals surface area contributed by atoms with Crippen molar-refractivity contribution in [2.24, 2.45) is 0 Å². The zero-order valence-corrected chi connectivity index (χ0v) is 13.3.